The first-order chi connectivity index (χ1) is 8.11. The summed E-state index contributed by atoms with van der Waals surface area (Å²) in [4.78, 5) is 17.5. The van der Waals surface area contributed by atoms with Crippen molar-refractivity contribution in [2.75, 3.05) is 0 Å². The summed E-state index contributed by atoms with van der Waals surface area (Å²) in [5.74, 6) is -0.202. The van der Waals surface area contributed by atoms with E-state index in [0.29, 0.717) is 6.54 Å². The molecular weight excluding hydrogens is 236 g/mol. The molecule has 0 aliphatic heterocycles. The van der Waals surface area contributed by atoms with Crippen molar-refractivity contribution in [2.45, 2.75) is 26.8 Å². The molecule has 17 heavy (non-hydrogen) atoms. The summed E-state index contributed by atoms with van der Waals surface area (Å²) < 4.78 is 1.73. The zero-order valence-corrected chi connectivity index (χ0v) is 10.6. The van der Waals surface area contributed by atoms with Crippen molar-refractivity contribution in [1.29, 1.82) is 0 Å². The van der Waals surface area contributed by atoms with E-state index in [1.807, 2.05) is 6.92 Å². The fourth-order valence-corrected chi connectivity index (χ4v) is 2.64. The summed E-state index contributed by atoms with van der Waals surface area (Å²) in [6.45, 7) is 4.51. The lowest BCUT2D eigenvalue weighted by Crippen LogP contribution is -2.10. The van der Waals surface area contributed by atoms with E-state index in [9.17, 15) is 4.79 Å². The van der Waals surface area contributed by atoms with Gasteiger partial charge in [-0.25, -0.2) is 9.78 Å². The van der Waals surface area contributed by atoms with Crippen molar-refractivity contribution < 1.29 is 9.90 Å². The summed E-state index contributed by atoms with van der Waals surface area (Å²) in [5.41, 5.74) is 0.244. The van der Waals surface area contributed by atoms with Crippen molar-refractivity contribution in [1.82, 2.24) is 9.55 Å². The van der Waals surface area contributed by atoms with Crippen LogP contribution in [-0.4, -0.2) is 20.6 Å². The van der Waals surface area contributed by atoms with Crippen LogP contribution in [0.15, 0.2) is 18.3 Å². The van der Waals surface area contributed by atoms with Gasteiger partial charge in [0.15, 0.2) is 0 Å². The van der Waals surface area contributed by atoms with Crippen molar-refractivity contribution in [3.63, 3.8) is 0 Å². The van der Waals surface area contributed by atoms with Gasteiger partial charge in [0, 0.05) is 9.75 Å². The third-order valence-corrected chi connectivity index (χ3v) is 3.87. The van der Waals surface area contributed by atoms with Gasteiger partial charge >= 0.3 is 5.97 Å². The largest absolute Gasteiger partial charge is 0.477 e. The molecule has 0 aromatic carbocycles. The Morgan fingerprint density at radius 1 is 1.47 bits per heavy atom. The van der Waals surface area contributed by atoms with Crippen molar-refractivity contribution in [2.24, 2.45) is 0 Å². The Bertz CT molecular complexity index is 542. The fraction of sp³-hybridized carbons (Fsp3) is 0.333. The van der Waals surface area contributed by atoms with E-state index in [1.165, 1.54) is 11.1 Å². The molecule has 5 heteroatoms. The van der Waals surface area contributed by atoms with Crippen molar-refractivity contribution >= 4 is 17.3 Å². The minimum atomic E-state index is -0.933. The first-order valence-electron chi connectivity index (χ1n) is 5.44. The van der Waals surface area contributed by atoms with Gasteiger partial charge in [0.05, 0.1) is 12.7 Å². The number of carboxylic acid groups (broad SMARTS) is 1. The van der Waals surface area contributed by atoms with Crippen LogP contribution in [0.2, 0.25) is 0 Å². The first-order valence-corrected chi connectivity index (χ1v) is 6.26. The lowest BCUT2D eigenvalue weighted by atomic mass is 10.3. The highest BCUT2D eigenvalue weighted by Gasteiger charge is 2.13. The number of thiophene rings is 1. The summed E-state index contributed by atoms with van der Waals surface area (Å²) in [6.07, 6.45) is 2.42. The SMILES string of the molecule is CCc1ccc(Cn2c(C(=O)O)cnc2C)s1. The number of carboxylic acids is 1. The Kier molecular flexibility index (Phi) is 3.28. The van der Waals surface area contributed by atoms with E-state index in [0.717, 1.165) is 17.1 Å². The van der Waals surface area contributed by atoms with Crippen LogP contribution in [0.1, 0.15) is 33.0 Å². The number of hydrogen-bond acceptors (Lipinski definition) is 3. The number of aryl methyl sites for hydroxylation is 2. The lowest BCUT2D eigenvalue weighted by Gasteiger charge is -2.05. The Labute approximate surface area is 104 Å². The minimum Gasteiger partial charge on any atom is -0.477 e. The van der Waals surface area contributed by atoms with Gasteiger partial charge in [-0.2, -0.15) is 0 Å². The zero-order valence-electron chi connectivity index (χ0n) is 9.80. The molecule has 2 aromatic rings. The Morgan fingerprint density at radius 2 is 2.18 bits per heavy atom. The van der Waals surface area contributed by atoms with Gasteiger partial charge in [0.2, 0.25) is 0 Å². The molecule has 2 rings (SSSR count). The highest BCUT2D eigenvalue weighted by molar-refractivity contribution is 7.11. The van der Waals surface area contributed by atoms with Crippen LogP contribution < -0.4 is 0 Å². The van der Waals surface area contributed by atoms with Crippen LogP contribution in [0.25, 0.3) is 0 Å². The summed E-state index contributed by atoms with van der Waals surface area (Å²) in [5, 5.41) is 9.05. The predicted octanol–water partition coefficient (Wildman–Crippen LogP) is 2.56. The smallest absolute Gasteiger partial charge is 0.354 e. The molecule has 0 unspecified atom stereocenters. The number of aromatic nitrogens is 2. The third-order valence-electron chi connectivity index (χ3n) is 2.65. The molecule has 0 saturated heterocycles. The van der Waals surface area contributed by atoms with Gasteiger partial charge < -0.3 is 9.67 Å². The summed E-state index contributed by atoms with van der Waals surface area (Å²) in [7, 11) is 0. The molecule has 2 aromatic heterocycles. The van der Waals surface area contributed by atoms with Gasteiger partial charge in [-0.1, -0.05) is 6.92 Å². The lowest BCUT2D eigenvalue weighted by molar-refractivity contribution is 0.0685. The molecule has 90 valence electrons. The van der Waals surface area contributed by atoms with E-state index < -0.39 is 5.97 Å². The monoisotopic (exact) mass is 250 g/mol. The van der Waals surface area contributed by atoms with Gasteiger partial charge in [0.1, 0.15) is 11.5 Å². The Morgan fingerprint density at radius 3 is 2.76 bits per heavy atom. The van der Waals surface area contributed by atoms with Gasteiger partial charge in [-0.15, -0.1) is 11.3 Å². The molecule has 0 aliphatic carbocycles. The van der Waals surface area contributed by atoms with E-state index in [2.05, 4.69) is 24.0 Å². The quantitative estimate of drug-likeness (QED) is 0.907. The topological polar surface area (TPSA) is 55.1 Å². The number of hydrogen-bond donors (Lipinski definition) is 1. The molecule has 0 amide bonds. The van der Waals surface area contributed by atoms with E-state index in [1.54, 1.807) is 15.9 Å². The van der Waals surface area contributed by atoms with Gasteiger partial charge in [0.25, 0.3) is 0 Å². The Hall–Kier alpha value is -1.62. The van der Waals surface area contributed by atoms with Crippen LogP contribution >= 0.6 is 11.3 Å². The molecule has 0 atom stereocenters. The molecule has 0 radical (unpaired) electrons. The van der Waals surface area contributed by atoms with E-state index in [4.69, 9.17) is 5.11 Å². The fourth-order valence-electron chi connectivity index (χ4n) is 1.69. The minimum absolute atomic E-state index is 0.244. The first kappa shape index (κ1) is 11.9. The standard InChI is InChI=1S/C12H14N2O2S/c1-3-9-4-5-10(17-9)7-14-8(2)13-6-11(14)12(15)16/h4-6H,3,7H2,1-2H3,(H,15,16). The number of nitrogens with zero attached hydrogens (tertiary/aromatic N) is 2. The third kappa shape index (κ3) is 2.39. The van der Waals surface area contributed by atoms with Crippen molar-refractivity contribution in [3.8, 4) is 0 Å². The van der Waals surface area contributed by atoms with Crippen LogP contribution in [0.4, 0.5) is 0 Å². The van der Waals surface area contributed by atoms with Crippen LogP contribution in [0.3, 0.4) is 0 Å². The summed E-state index contributed by atoms with van der Waals surface area (Å²) in [6, 6.07) is 4.14. The molecule has 0 saturated carbocycles. The maximum atomic E-state index is 11.0. The maximum absolute atomic E-state index is 11.0. The molecule has 1 N–H and O–H groups in total. The second-order valence-electron chi connectivity index (χ2n) is 3.80. The summed E-state index contributed by atoms with van der Waals surface area (Å²) >= 11 is 1.72. The molecule has 4 nitrogen and oxygen atoms in total. The van der Waals surface area contributed by atoms with Crippen LogP contribution in [-0.2, 0) is 13.0 Å². The number of carbonyl (C=O) groups is 1. The second kappa shape index (κ2) is 4.71. The van der Waals surface area contributed by atoms with Gasteiger partial charge in [-0.3, -0.25) is 0 Å². The predicted molar refractivity (Wildman–Crippen MR) is 66.7 cm³/mol. The van der Waals surface area contributed by atoms with Gasteiger partial charge in [-0.05, 0) is 25.5 Å². The number of imidazole rings is 1. The number of rotatable bonds is 4. The highest BCUT2D eigenvalue weighted by atomic mass is 32.1. The normalized spacial score (nSPS) is 10.7. The average molecular weight is 250 g/mol. The molecule has 0 bridgehead atoms. The molecule has 0 spiro atoms. The van der Waals surface area contributed by atoms with Crippen LogP contribution in [0.5, 0.6) is 0 Å². The van der Waals surface area contributed by atoms with Crippen LogP contribution in [0, 0.1) is 6.92 Å². The zero-order chi connectivity index (χ0) is 12.4. The average Bonchev–Trinajstić information content (AvgIpc) is 2.87. The van der Waals surface area contributed by atoms with Crippen molar-refractivity contribution in [3.05, 3.63) is 39.6 Å². The Balaban J connectivity index is 2.29. The molecule has 0 aliphatic rings. The van der Waals surface area contributed by atoms with E-state index >= 15 is 0 Å². The number of aromatic carboxylic acids is 1. The van der Waals surface area contributed by atoms with E-state index in [-0.39, 0.29) is 5.69 Å². The highest BCUT2D eigenvalue weighted by Crippen LogP contribution is 2.19. The molecular formula is C12H14N2O2S. The molecule has 2 heterocycles. The second-order valence-corrected chi connectivity index (χ2v) is 5.06. The maximum Gasteiger partial charge on any atom is 0.354 e. The molecule has 0 fully saturated rings.